The van der Waals surface area contributed by atoms with Gasteiger partial charge in [0.1, 0.15) is 5.82 Å². The fourth-order valence-corrected chi connectivity index (χ4v) is 2.73. The number of piperidine rings is 1. The van der Waals surface area contributed by atoms with E-state index in [9.17, 15) is 4.39 Å². The van der Waals surface area contributed by atoms with Crippen molar-refractivity contribution in [2.24, 2.45) is 11.7 Å². The van der Waals surface area contributed by atoms with Crippen LogP contribution in [-0.4, -0.2) is 24.5 Å². The van der Waals surface area contributed by atoms with Crippen LogP contribution in [0.25, 0.3) is 0 Å². The molecule has 0 unspecified atom stereocenters. The molecule has 2 rings (SSSR count). The van der Waals surface area contributed by atoms with Crippen molar-refractivity contribution in [3.8, 4) is 0 Å². The smallest absolute Gasteiger partial charge is 0.128 e. The van der Waals surface area contributed by atoms with Gasteiger partial charge in [0.25, 0.3) is 0 Å². The summed E-state index contributed by atoms with van der Waals surface area (Å²) in [4.78, 5) is 2.33. The molecule has 1 fully saturated rings. The van der Waals surface area contributed by atoms with Gasteiger partial charge in [-0.15, -0.1) is 0 Å². The zero-order valence-corrected chi connectivity index (χ0v) is 10.4. The second kappa shape index (κ2) is 5.61. The highest BCUT2D eigenvalue weighted by molar-refractivity contribution is 5.21. The Hall–Kier alpha value is -0.930. The average Bonchev–Trinajstić information content (AvgIpc) is 2.33. The maximum atomic E-state index is 13.8. The third-order valence-corrected chi connectivity index (χ3v) is 3.62. The van der Waals surface area contributed by atoms with Gasteiger partial charge >= 0.3 is 0 Å². The highest BCUT2D eigenvalue weighted by Gasteiger charge is 2.25. The van der Waals surface area contributed by atoms with E-state index in [4.69, 9.17) is 5.73 Å². The Morgan fingerprint density at radius 3 is 2.88 bits per heavy atom. The molecule has 1 heterocycles. The van der Waals surface area contributed by atoms with Crippen LogP contribution in [-0.2, 0) is 0 Å². The van der Waals surface area contributed by atoms with Crippen molar-refractivity contribution in [3.63, 3.8) is 0 Å². The third-order valence-electron chi connectivity index (χ3n) is 3.62. The van der Waals surface area contributed by atoms with Crippen molar-refractivity contribution in [1.82, 2.24) is 4.90 Å². The lowest BCUT2D eigenvalue weighted by atomic mass is 9.96. The van der Waals surface area contributed by atoms with Gasteiger partial charge in [0, 0.05) is 24.7 Å². The average molecular weight is 236 g/mol. The minimum absolute atomic E-state index is 0.0268. The Bertz CT molecular complexity index is 367. The Labute approximate surface area is 103 Å². The van der Waals surface area contributed by atoms with Gasteiger partial charge in [-0.2, -0.15) is 0 Å². The van der Waals surface area contributed by atoms with Crippen LogP contribution in [0.5, 0.6) is 0 Å². The first-order valence-corrected chi connectivity index (χ1v) is 6.41. The summed E-state index contributed by atoms with van der Waals surface area (Å²) < 4.78 is 13.8. The highest BCUT2D eigenvalue weighted by Crippen LogP contribution is 2.27. The molecule has 2 atom stereocenters. The maximum absolute atomic E-state index is 13.8. The number of hydrogen-bond acceptors (Lipinski definition) is 2. The van der Waals surface area contributed by atoms with Crippen LogP contribution in [0.4, 0.5) is 4.39 Å². The van der Waals surface area contributed by atoms with Gasteiger partial charge in [-0.3, -0.25) is 4.90 Å². The summed E-state index contributed by atoms with van der Waals surface area (Å²) >= 11 is 0. The van der Waals surface area contributed by atoms with Crippen LogP contribution in [0.15, 0.2) is 24.3 Å². The predicted molar refractivity (Wildman–Crippen MR) is 68.2 cm³/mol. The Kier molecular flexibility index (Phi) is 4.13. The molecule has 0 amide bonds. The Morgan fingerprint density at radius 1 is 1.47 bits per heavy atom. The van der Waals surface area contributed by atoms with E-state index in [0.29, 0.717) is 12.5 Å². The topological polar surface area (TPSA) is 29.3 Å². The Morgan fingerprint density at radius 2 is 2.24 bits per heavy atom. The second-order valence-corrected chi connectivity index (χ2v) is 5.02. The lowest BCUT2D eigenvalue weighted by Gasteiger charge is -2.37. The van der Waals surface area contributed by atoms with Crippen LogP contribution < -0.4 is 5.73 Å². The number of likely N-dealkylation sites (tertiary alicyclic amines) is 1. The van der Waals surface area contributed by atoms with Crippen molar-refractivity contribution in [2.75, 3.05) is 19.6 Å². The summed E-state index contributed by atoms with van der Waals surface area (Å²) in [5.41, 5.74) is 6.58. The summed E-state index contributed by atoms with van der Waals surface area (Å²) in [6.07, 6.45) is 2.46. The summed E-state index contributed by atoms with van der Waals surface area (Å²) in [6.45, 7) is 4.78. The largest absolute Gasteiger partial charge is 0.329 e. The summed E-state index contributed by atoms with van der Waals surface area (Å²) in [5, 5.41) is 0. The van der Waals surface area contributed by atoms with E-state index in [1.807, 2.05) is 12.1 Å². The number of nitrogens with zero attached hydrogens (tertiary/aromatic N) is 1. The molecule has 1 aromatic rings. The number of halogens is 1. The second-order valence-electron chi connectivity index (χ2n) is 5.02. The van der Waals surface area contributed by atoms with Crippen molar-refractivity contribution >= 4 is 0 Å². The molecule has 1 aromatic carbocycles. The molecule has 1 aliphatic rings. The highest BCUT2D eigenvalue weighted by atomic mass is 19.1. The van der Waals surface area contributed by atoms with Crippen molar-refractivity contribution in [3.05, 3.63) is 35.6 Å². The molecular formula is C14H21FN2. The first-order valence-electron chi connectivity index (χ1n) is 6.41. The molecule has 0 spiro atoms. The van der Waals surface area contributed by atoms with Gasteiger partial charge in [-0.25, -0.2) is 4.39 Å². The lowest BCUT2D eigenvalue weighted by Crippen LogP contribution is -2.40. The van der Waals surface area contributed by atoms with E-state index < -0.39 is 0 Å². The molecule has 0 saturated carbocycles. The molecule has 94 valence electrons. The van der Waals surface area contributed by atoms with Gasteiger partial charge in [0.05, 0.1) is 0 Å². The van der Waals surface area contributed by atoms with Gasteiger partial charge in [0.2, 0.25) is 0 Å². The molecule has 2 nitrogen and oxygen atoms in total. The van der Waals surface area contributed by atoms with Crippen LogP contribution in [0.2, 0.25) is 0 Å². The molecule has 3 heteroatoms. The number of benzene rings is 1. The van der Waals surface area contributed by atoms with Crippen LogP contribution in [0.3, 0.4) is 0 Å². The first-order chi connectivity index (χ1) is 8.22. The molecule has 1 saturated heterocycles. The van der Waals surface area contributed by atoms with Crippen molar-refractivity contribution < 1.29 is 4.39 Å². The number of hydrogen-bond donors (Lipinski definition) is 1. The monoisotopic (exact) mass is 236 g/mol. The van der Waals surface area contributed by atoms with E-state index in [1.54, 1.807) is 6.07 Å². The maximum Gasteiger partial charge on any atom is 0.128 e. The number of rotatable bonds is 3. The summed E-state index contributed by atoms with van der Waals surface area (Å²) in [5.74, 6) is 0.547. The molecule has 0 aliphatic carbocycles. The molecule has 17 heavy (non-hydrogen) atoms. The van der Waals surface area contributed by atoms with E-state index in [2.05, 4.69) is 11.8 Å². The van der Waals surface area contributed by atoms with Crippen molar-refractivity contribution in [2.45, 2.75) is 25.8 Å². The van der Waals surface area contributed by atoms with Gasteiger partial charge in [-0.05, 0) is 31.4 Å². The van der Waals surface area contributed by atoms with Gasteiger partial charge in [-0.1, -0.05) is 25.1 Å². The standard InChI is InChI=1S/C14H21FN2/c1-11-5-4-8-17(10-11)14(9-16)12-6-2-3-7-13(12)15/h2-3,6-7,11,14H,4-5,8-10,16H2,1H3/t11-,14+/m0/s1. The quantitative estimate of drug-likeness (QED) is 0.874. The molecular weight excluding hydrogens is 215 g/mol. The molecule has 1 aliphatic heterocycles. The van der Waals surface area contributed by atoms with Crippen molar-refractivity contribution in [1.29, 1.82) is 0 Å². The van der Waals surface area contributed by atoms with Gasteiger partial charge < -0.3 is 5.73 Å². The number of nitrogens with two attached hydrogens (primary N) is 1. The summed E-state index contributed by atoms with van der Waals surface area (Å²) in [6, 6.07) is 7.01. The fraction of sp³-hybridized carbons (Fsp3) is 0.571. The van der Waals surface area contributed by atoms with E-state index >= 15 is 0 Å². The summed E-state index contributed by atoms with van der Waals surface area (Å²) in [7, 11) is 0. The minimum Gasteiger partial charge on any atom is -0.329 e. The first kappa shape index (κ1) is 12.5. The van der Waals surface area contributed by atoms with E-state index in [-0.39, 0.29) is 11.9 Å². The SMILES string of the molecule is C[C@H]1CCCN([C@H](CN)c2ccccc2F)C1. The Balaban J connectivity index is 2.18. The van der Waals surface area contributed by atoms with E-state index in [1.165, 1.54) is 18.9 Å². The van der Waals surface area contributed by atoms with Crippen LogP contribution >= 0.6 is 0 Å². The third kappa shape index (κ3) is 2.85. The zero-order valence-electron chi connectivity index (χ0n) is 10.4. The predicted octanol–water partition coefficient (Wildman–Crippen LogP) is 2.56. The van der Waals surface area contributed by atoms with Gasteiger partial charge in [0.15, 0.2) is 0 Å². The zero-order chi connectivity index (χ0) is 12.3. The van der Waals surface area contributed by atoms with E-state index in [0.717, 1.165) is 18.7 Å². The molecule has 0 bridgehead atoms. The minimum atomic E-state index is -0.138. The molecule has 0 aromatic heterocycles. The lowest BCUT2D eigenvalue weighted by molar-refractivity contribution is 0.131. The normalized spacial score (nSPS) is 23.6. The van der Waals surface area contributed by atoms with Crippen LogP contribution in [0, 0.1) is 11.7 Å². The molecule has 0 radical (unpaired) electrons. The molecule has 2 N–H and O–H groups in total. The fourth-order valence-electron chi connectivity index (χ4n) is 2.73. The van der Waals surface area contributed by atoms with Crippen LogP contribution in [0.1, 0.15) is 31.4 Å².